The first-order valence-electron chi connectivity index (χ1n) is 6.00. The molecule has 0 radical (unpaired) electrons. The molecule has 1 unspecified atom stereocenters. The fraction of sp³-hybridized carbons (Fsp3) is 0.385. The summed E-state index contributed by atoms with van der Waals surface area (Å²) in [5.74, 6) is -0.286. The maximum absolute atomic E-state index is 11.9. The average Bonchev–Trinajstić information content (AvgIpc) is 2.81. The Balaban J connectivity index is 2.09. The van der Waals surface area contributed by atoms with E-state index in [1.165, 1.54) is 12.6 Å². The van der Waals surface area contributed by atoms with Gasteiger partial charge in [0.05, 0.1) is 0 Å². The Morgan fingerprint density at radius 1 is 1.33 bits per heavy atom. The van der Waals surface area contributed by atoms with Crippen LogP contribution in [0.25, 0.3) is 0 Å². The largest absolute Gasteiger partial charge is 0.359 e. The summed E-state index contributed by atoms with van der Waals surface area (Å²) in [7, 11) is 1.48. The molecule has 5 heteroatoms. The number of benzene rings is 1. The molecule has 18 heavy (non-hydrogen) atoms. The normalized spacial score (nSPS) is 14.9. The molecule has 0 spiro atoms. The standard InChI is InChI=1S/C13H17N3O2/c1-9(12(17)15-13(18)14-2)16-8-7-10-5-3-4-6-11(10)16/h3-6,9H,7-8H2,1-2H3,(H2,14,15,17,18). The number of para-hydroxylation sites is 1. The minimum atomic E-state index is -0.473. The van der Waals surface area contributed by atoms with Gasteiger partial charge < -0.3 is 10.2 Å². The lowest BCUT2D eigenvalue weighted by Crippen LogP contribution is -2.48. The second kappa shape index (κ2) is 5.08. The number of hydrogen-bond acceptors (Lipinski definition) is 3. The van der Waals surface area contributed by atoms with Crippen LogP contribution in [0.4, 0.5) is 10.5 Å². The van der Waals surface area contributed by atoms with E-state index in [2.05, 4.69) is 16.7 Å². The van der Waals surface area contributed by atoms with Gasteiger partial charge in [-0.2, -0.15) is 0 Å². The number of nitrogens with zero attached hydrogens (tertiary/aromatic N) is 1. The third-order valence-corrected chi connectivity index (χ3v) is 3.23. The molecule has 2 rings (SSSR count). The van der Waals surface area contributed by atoms with Crippen LogP contribution in [0, 0.1) is 0 Å². The summed E-state index contributed by atoms with van der Waals surface area (Å²) < 4.78 is 0. The summed E-state index contributed by atoms with van der Waals surface area (Å²) in [6.07, 6.45) is 0.938. The van der Waals surface area contributed by atoms with E-state index in [0.717, 1.165) is 18.7 Å². The first kappa shape index (κ1) is 12.4. The minimum absolute atomic E-state index is 0.286. The van der Waals surface area contributed by atoms with Gasteiger partial charge in [0.15, 0.2) is 0 Å². The third-order valence-electron chi connectivity index (χ3n) is 3.23. The summed E-state index contributed by atoms with van der Waals surface area (Å²) in [6.45, 7) is 2.61. The highest BCUT2D eigenvalue weighted by Crippen LogP contribution is 2.29. The number of nitrogens with one attached hydrogen (secondary N) is 2. The van der Waals surface area contributed by atoms with Crippen molar-refractivity contribution in [1.29, 1.82) is 0 Å². The van der Waals surface area contributed by atoms with Crippen LogP contribution in [0.5, 0.6) is 0 Å². The summed E-state index contributed by atoms with van der Waals surface area (Å²) in [5.41, 5.74) is 2.33. The van der Waals surface area contributed by atoms with Gasteiger partial charge >= 0.3 is 6.03 Å². The lowest BCUT2D eigenvalue weighted by molar-refractivity contribution is -0.120. The van der Waals surface area contributed by atoms with Gasteiger partial charge in [0.25, 0.3) is 0 Å². The van der Waals surface area contributed by atoms with E-state index in [0.29, 0.717) is 0 Å². The molecular weight excluding hydrogens is 230 g/mol. The highest BCUT2D eigenvalue weighted by Gasteiger charge is 2.27. The molecule has 3 amide bonds. The number of amides is 3. The Bertz CT molecular complexity index is 473. The second-order valence-electron chi connectivity index (χ2n) is 4.32. The number of carbonyl (C=O) groups is 2. The maximum Gasteiger partial charge on any atom is 0.321 e. The van der Waals surface area contributed by atoms with Crippen molar-refractivity contribution < 1.29 is 9.59 Å². The quantitative estimate of drug-likeness (QED) is 0.816. The van der Waals surface area contributed by atoms with E-state index in [1.54, 1.807) is 6.92 Å². The lowest BCUT2D eigenvalue weighted by Gasteiger charge is -2.25. The molecule has 96 valence electrons. The van der Waals surface area contributed by atoms with E-state index < -0.39 is 6.03 Å². The minimum Gasteiger partial charge on any atom is -0.359 e. The van der Waals surface area contributed by atoms with Crippen molar-refractivity contribution in [3.63, 3.8) is 0 Å². The number of anilines is 1. The number of rotatable bonds is 2. The summed E-state index contributed by atoms with van der Waals surface area (Å²) in [4.78, 5) is 25.0. The van der Waals surface area contributed by atoms with E-state index >= 15 is 0 Å². The van der Waals surface area contributed by atoms with Crippen LogP contribution in [0.3, 0.4) is 0 Å². The molecule has 2 N–H and O–H groups in total. The predicted octanol–water partition coefficient (Wildman–Crippen LogP) is 0.893. The van der Waals surface area contributed by atoms with E-state index in [1.807, 2.05) is 23.1 Å². The third kappa shape index (κ3) is 2.30. The van der Waals surface area contributed by atoms with Crippen molar-refractivity contribution in [1.82, 2.24) is 10.6 Å². The smallest absolute Gasteiger partial charge is 0.321 e. The van der Waals surface area contributed by atoms with Crippen LogP contribution in [0.1, 0.15) is 12.5 Å². The van der Waals surface area contributed by atoms with Gasteiger partial charge in [0.1, 0.15) is 6.04 Å². The Labute approximate surface area is 106 Å². The molecule has 1 heterocycles. The first-order chi connectivity index (χ1) is 8.63. The number of urea groups is 1. The molecule has 0 bridgehead atoms. The monoisotopic (exact) mass is 247 g/mol. The second-order valence-corrected chi connectivity index (χ2v) is 4.32. The Morgan fingerprint density at radius 2 is 2.06 bits per heavy atom. The average molecular weight is 247 g/mol. The van der Waals surface area contributed by atoms with Crippen molar-refractivity contribution in [3.8, 4) is 0 Å². The predicted molar refractivity (Wildman–Crippen MR) is 69.6 cm³/mol. The molecule has 0 saturated carbocycles. The molecule has 1 aliphatic rings. The molecule has 1 aromatic carbocycles. The summed E-state index contributed by atoms with van der Waals surface area (Å²) in [6, 6.07) is 7.20. The topological polar surface area (TPSA) is 61.4 Å². The maximum atomic E-state index is 11.9. The van der Waals surface area contributed by atoms with Gasteiger partial charge in [0, 0.05) is 19.3 Å². The van der Waals surface area contributed by atoms with Crippen molar-refractivity contribution in [2.45, 2.75) is 19.4 Å². The first-order valence-corrected chi connectivity index (χ1v) is 6.00. The fourth-order valence-electron chi connectivity index (χ4n) is 2.19. The molecule has 1 atom stereocenters. The Kier molecular flexibility index (Phi) is 3.50. The number of fused-ring (bicyclic) bond motifs is 1. The van der Waals surface area contributed by atoms with Gasteiger partial charge in [0.2, 0.25) is 5.91 Å². The fourth-order valence-corrected chi connectivity index (χ4v) is 2.19. The van der Waals surface area contributed by atoms with Gasteiger partial charge in [-0.3, -0.25) is 10.1 Å². The van der Waals surface area contributed by atoms with Gasteiger partial charge in [-0.05, 0) is 25.0 Å². The summed E-state index contributed by atoms with van der Waals surface area (Å²) >= 11 is 0. The highest BCUT2D eigenvalue weighted by molar-refractivity contribution is 5.98. The molecule has 0 aromatic heterocycles. The van der Waals surface area contributed by atoms with Gasteiger partial charge in [-0.25, -0.2) is 4.79 Å². The summed E-state index contributed by atoms with van der Waals surface area (Å²) in [5, 5.41) is 4.68. The zero-order valence-corrected chi connectivity index (χ0v) is 10.6. The number of carbonyl (C=O) groups excluding carboxylic acids is 2. The van der Waals surface area contributed by atoms with Gasteiger partial charge in [-0.15, -0.1) is 0 Å². The molecule has 0 fully saturated rings. The van der Waals surface area contributed by atoms with Crippen molar-refractivity contribution in [2.24, 2.45) is 0 Å². The van der Waals surface area contributed by atoms with Crippen LogP contribution in [0.15, 0.2) is 24.3 Å². The lowest BCUT2D eigenvalue weighted by atomic mass is 10.2. The zero-order chi connectivity index (χ0) is 13.1. The molecule has 5 nitrogen and oxygen atoms in total. The molecule has 0 saturated heterocycles. The highest BCUT2D eigenvalue weighted by atomic mass is 16.2. The number of hydrogen-bond donors (Lipinski definition) is 2. The zero-order valence-electron chi connectivity index (χ0n) is 10.6. The van der Waals surface area contributed by atoms with Crippen molar-refractivity contribution >= 4 is 17.6 Å². The number of imide groups is 1. The SMILES string of the molecule is CNC(=O)NC(=O)C(C)N1CCc2ccccc21. The van der Waals surface area contributed by atoms with E-state index in [9.17, 15) is 9.59 Å². The van der Waals surface area contributed by atoms with Crippen LogP contribution in [-0.2, 0) is 11.2 Å². The van der Waals surface area contributed by atoms with Crippen LogP contribution in [0.2, 0.25) is 0 Å². The Hall–Kier alpha value is -2.04. The van der Waals surface area contributed by atoms with Crippen LogP contribution >= 0.6 is 0 Å². The Morgan fingerprint density at radius 3 is 2.78 bits per heavy atom. The van der Waals surface area contributed by atoms with E-state index in [4.69, 9.17) is 0 Å². The van der Waals surface area contributed by atoms with Crippen molar-refractivity contribution in [3.05, 3.63) is 29.8 Å². The van der Waals surface area contributed by atoms with Crippen molar-refractivity contribution in [2.75, 3.05) is 18.5 Å². The van der Waals surface area contributed by atoms with Crippen LogP contribution < -0.4 is 15.5 Å². The molecule has 1 aromatic rings. The van der Waals surface area contributed by atoms with E-state index in [-0.39, 0.29) is 11.9 Å². The van der Waals surface area contributed by atoms with Crippen LogP contribution in [-0.4, -0.2) is 31.6 Å². The molecule has 0 aliphatic carbocycles. The molecule has 1 aliphatic heterocycles. The van der Waals surface area contributed by atoms with Gasteiger partial charge in [-0.1, -0.05) is 18.2 Å². The molecular formula is C13H17N3O2.